The van der Waals surface area contributed by atoms with Gasteiger partial charge in [-0.1, -0.05) is 30.3 Å². The Labute approximate surface area is 171 Å². The van der Waals surface area contributed by atoms with Crippen molar-refractivity contribution in [2.24, 2.45) is 0 Å². The van der Waals surface area contributed by atoms with Gasteiger partial charge in [0.25, 0.3) is 0 Å². The van der Waals surface area contributed by atoms with E-state index in [1.165, 1.54) is 17.7 Å². The number of carbonyl (C=O) groups excluding carboxylic acids is 1. The molecule has 152 valence electrons. The second-order valence-electron chi connectivity index (χ2n) is 7.88. The maximum Gasteiger partial charge on any atom is 0.222 e. The molecule has 2 aromatic carbocycles. The Morgan fingerprint density at radius 1 is 1.03 bits per heavy atom. The summed E-state index contributed by atoms with van der Waals surface area (Å²) in [5.74, 6) is -0.0323. The van der Waals surface area contributed by atoms with E-state index in [1.54, 1.807) is 6.07 Å². The van der Waals surface area contributed by atoms with Crippen molar-refractivity contribution in [1.29, 1.82) is 0 Å². The zero-order valence-electron chi connectivity index (χ0n) is 17.0. The third-order valence-corrected chi connectivity index (χ3v) is 5.95. The maximum atomic E-state index is 13.4. The number of aromatic nitrogens is 1. The number of piperazine rings is 1. The third-order valence-electron chi connectivity index (χ3n) is 5.95. The van der Waals surface area contributed by atoms with Crippen LogP contribution in [0.3, 0.4) is 0 Å². The molecule has 0 aliphatic carbocycles. The van der Waals surface area contributed by atoms with E-state index in [0.29, 0.717) is 12.8 Å². The van der Waals surface area contributed by atoms with Gasteiger partial charge in [0.1, 0.15) is 5.82 Å². The number of nitrogens with zero attached hydrogens (tertiary/aromatic N) is 2. The normalized spacial score (nSPS) is 15.2. The van der Waals surface area contributed by atoms with Crippen LogP contribution in [0.4, 0.5) is 4.39 Å². The van der Waals surface area contributed by atoms with Crippen molar-refractivity contribution in [3.8, 4) is 0 Å². The molecule has 29 heavy (non-hydrogen) atoms. The van der Waals surface area contributed by atoms with E-state index in [1.807, 2.05) is 17.9 Å². The average Bonchev–Trinajstić information content (AvgIpc) is 3.05. The molecule has 1 amide bonds. The van der Waals surface area contributed by atoms with Gasteiger partial charge >= 0.3 is 0 Å². The van der Waals surface area contributed by atoms with E-state index in [4.69, 9.17) is 0 Å². The topological polar surface area (TPSA) is 39.3 Å². The molecule has 4 nitrogen and oxygen atoms in total. The summed E-state index contributed by atoms with van der Waals surface area (Å²) >= 11 is 0. The molecule has 1 saturated heterocycles. The van der Waals surface area contributed by atoms with Crippen molar-refractivity contribution < 1.29 is 9.18 Å². The van der Waals surface area contributed by atoms with E-state index < -0.39 is 0 Å². The Morgan fingerprint density at radius 2 is 1.79 bits per heavy atom. The smallest absolute Gasteiger partial charge is 0.222 e. The fourth-order valence-corrected chi connectivity index (χ4v) is 4.23. The van der Waals surface area contributed by atoms with Crippen LogP contribution in [-0.4, -0.2) is 53.4 Å². The van der Waals surface area contributed by atoms with Gasteiger partial charge in [0.2, 0.25) is 5.91 Å². The van der Waals surface area contributed by atoms with Crippen molar-refractivity contribution in [1.82, 2.24) is 14.8 Å². The number of fused-ring (bicyclic) bond motifs is 1. The molecule has 1 aromatic heterocycles. The molecule has 0 unspecified atom stereocenters. The monoisotopic (exact) mass is 393 g/mol. The van der Waals surface area contributed by atoms with Gasteiger partial charge in [-0.25, -0.2) is 4.39 Å². The standard InChI is InChI=1S/C24H28FN3O/c1-18-21(22-8-7-20(25)17-23(22)26-18)9-10-24(29)28-15-13-27(14-16-28)12-11-19-5-3-2-4-6-19/h2-8,17,26H,9-16H2,1H3. The predicted octanol–water partition coefficient (Wildman–Crippen LogP) is 3.93. The van der Waals surface area contributed by atoms with Gasteiger partial charge in [-0.3, -0.25) is 9.69 Å². The minimum Gasteiger partial charge on any atom is -0.358 e. The zero-order valence-corrected chi connectivity index (χ0v) is 17.0. The maximum absolute atomic E-state index is 13.4. The highest BCUT2D eigenvalue weighted by Gasteiger charge is 2.21. The molecule has 0 radical (unpaired) electrons. The summed E-state index contributed by atoms with van der Waals surface area (Å²) in [7, 11) is 0. The minimum absolute atomic E-state index is 0.212. The molecule has 1 aliphatic heterocycles. The molecule has 1 aliphatic rings. The fraction of sp³-hybridized carbons (Fsp3) is 0.375. The number of amides is 1. The molecule has 1 N–H and O–H groups in total. The number of nitrogens with one attached hydrogen (secondary N) is 1. The lowest BCUT2D eigenvalue weighted by Gasteiger charge is -2.34. The first-order valence-electron chi connectivity index (χ1n) is 10.4. The predicted molar refractivity (Wildman–Crippen MR) is 114 cm³/mol. The summed E-state index contributed by atoms with van der Waals surface area (Å²) in [6, 6.07) is 15.3. The lowest BCUT2D eigenvalue weighted by molar-refractivity contribution is -0.132. The molecule has 0 saturated carbocycles. The molecule has 2 heterocycles. The van der Waals surface area contributed by atoms with Gasteiger partial charge in [-0.05, 0) is 49.1 Å². The van der Waals surface area contributed by atoms with Crippen molar-refractivity contribution >= 4 is 16.8 Å². The number of halogens is 1. The summed E-state index contributed by atoms with van der Waals surface area (Å²) in [5.41, 5.74) is 4.30. The van der Waals surface area contributed by atoms with Gasteiger partial charge in [0.15, 0.2) is 0 Å². The molecular formula is C24H28FN3O. The van der Waals surface area contributed by atoms with Gasteiger partial charge in [-0.2, -0.15) is 0 Å². The van der Waals surface area contributed by atoms with Crippen LogP contribution in [0.25, 0.3) is 10.9 Å². The highest BCUT2D eigenvalue weighted by atomic mass is 19.1. The number of H-pyrrole nitrogens is 1. The number of rotatable bonds is 6. The second-order valence-corrected chi connectivity index (χ2v) is 7.88. The van der Waals surface area contributed by atoms with E-state index in [0.717, 1.165) is 61.3 Å². The summed E-state index contributed by atoms with van der Waals surface area (Å²) in [4.78, 5) is 20.4. The Hall–Kier alpha value is -2.66. The van der Waals surface area contributed by atoms with Crippen molar-refractivity contribution in [2.75, 3.05) is 32.7 Å². The van der Waals surface area contributed by atoms with Crippen LogP contribution < -0.4 is 0 Å². The van der Waals surface area contributed by atoms with Crippen LogP contribution in [0, 0.1) is 12.7 Å². The molecule has 4 rings (SSSR count). The van der Waals surface area contributed by atoms with E-state index in [9.17, 15) is 9.18 Å². The zero-order chi connectivity index (χ0) is 20.2. The fourth-order valence-electron chi connectivity index (χ4n) is 4.23. The van der Waals surface area contributed by atoms with Gasteiger partial charge in [0.05, 0.1) is 0 Å². The number of benzene rings is 2. The van der Waals surface area contributed by atoms with E-state index >= 15 is 0 Å². The molecule has 5 heteroatoms. The molecular weight excluding hydrogens is 365 g/mol. The summed E-state index contributed by atoms with van der Waals surface area (Å²) in [6.45, 7) is 6.49. The molecule has 3 aromatic rings. The van der Waals surface area contributed by atoms with Crippen molar-refractivity contribution in [3.63, 3.8) is 0 Å². The lowest BCUT2D eigenvalue weighted by atomic mass is 10.0. The van der Waals surface area contributed by atoms with Gasteiger partial charge < -0.3 is 9.88 Å². The Bertz CT molecular complexity index is 974. The highest BCUT2D eigenvalue weighted by Crippen LogP contribution is 2.24. The van der Waals surface area contributed by atoms with E-state index in [-0.39, 0.29) is 11.7 Å². The Balaban J connectivity index is 1.27. The first kappa shape index (κ1) is 19.6. The SMILES string of the molecule is Cc1[nH]c2cc(F)ccc2c1CCC(=O)N1CCN(CCc2ccccc2)CC1. The number of carbonyl (C=O) groups is 1. The quantitative estimate of drug-likeness (QED) is 0.689. The van der Waals surface area contributed by atoms with Crippen LogP contribution in [0.1, 0.15) is 23.2 Å². The summed E-state index contributed by atoms with van der Waals surface area (Å²) in [6.07, 6.45) is 2.23. The van der Waals surface area contributed by atoms with Crippen LogP contribution in [-0.2, 0) is 17.6 Å². The highest BCUT2D eigenvalue weighted by molar-refractivity contribution is 5.85. The number of aromatic amines is 1. The van der Waals surface area contributed by atoms with Crippen molar-refractivity contribution in [2.45, 2.75) is 26.2 Å². The van der Waals surface area contributed by atoms with Crippen LogP contribution >= 0.6 is 0 Å². The largest absolute Gasteiger partial charge is 0.358 e. The van der Waals surface area contributed by atoms with Crippen LogP contribution in [0.2, 0.25) is 0 Å². The Kier molecular flexibility index (Phi) is 5.95. The first-order chi connectivity index (χ1) is 14.1. The van der Waals surface area contributed by atoms with E-state index in [2.05, 4.69) is 34.1 Å². The first-order valence-corrected chi connectivity index (χ1v) is 10.4. The summed E-state index contributed by atoms with van der Waals surface area (Å²) in [5, 5.41) is 1.02. The number of aryl methyl sites for hydroxylation is 2. The minimum atomic E-state index is -0.244. The molecule has 0 spiro atoms. The van der Waals surface area contributed by atoms with Crippen LogP contribution in [0.5, 0.6) is 0 Å². The second kappa shape index (κ2) is 8.78. The lowest BCUT2D eigenvalue weighted by Crippen LogP contribution is -2.49. The molecule has 0 bridgehead atoms. The van der Waals surface area contributed by atoms with Gasteiger partial charge in [0, 0.05) is 55.7 Å². The van der Waals surface area contributed by atoms with Crippen molar-refractivity contribution in [3.05, 3.63) is 71.2 Å². The van der Waals surface area contributed by atoms with Gasteiger partial charge in [-0.15, -0.1) is 0 Å². The molecule has 0 atom stereocenters. The average molecular weight is 394 g/mol. The number of hydrogen-bond donors (Lipinski definition) is 1. The molecule has 1 fully saturated rings. The third kappa shape index (κ3) is 4.67. The Morgan fingerprint density at radius 3 is 2.55 bits per heavy atom. The van der Waals surface area contributed by atoms with Crippen LogP contribution in [0.15, 0.2) is 48.5 Å². The number of hydrogen-bond acceptors (Lipinski definition) is 2. The summed E-state index contributed by atoms with van der Waals surface area (Å²) < 4.78 is 13.4.